The van der Waals surface area contributed by atoms with E-state index in [9.17, 15) is 4.79 Å². The second-order valence-electron chi connectivity index (χ2n) is 9.77. The number of fused-ring (bicyclic) bond motifs is 3. The van der Waals surface area contributed by atoms with Gasteiger partial charge in [0.05, 0.1) is 29.7 Å². The summed E-state index contributed by atoms with van der Waals surface area (Å²) in [6, 6.07) is 27.6. The standard InChI is InChI=1S/C31H28ClN5O/c1-20-9-7-10-23(17-20)29-28-13-8-16-35(28)30-26(22(3)34-37(30)25-11-5-4-6-12-25)19-36(29)31(38)33-27-18-24(32)15-14-21(27)2/h4-18,29H,19H2,1-3H3,(H,33,38). The number of halogens is 1. The molecule has 6 nitrogen and oxygen atoms in total. The summed E-state index contributed by atoms with van der Waals surface area (Å²) in [5.41, 5.74) is 7.67. The topological polar surface area (TPSA) is 55.1 Å². The number of aromatic nitrogens is 3. The van der Waals surface area contributed by atoms with Crippen molar-refractivity contribution in [3.63, 3.8) is 0 Å². The molecule has 3 heterocycles. The van der Waals surface area contributed by atoms with Crippen molar-refractivity contribution < 1.29 is 4.79 Å². The molecule has 5 aromatic rings. The lowest BCUT2D eigenvalue weighted by molar-refractivity contribution is 0.194. The summed E-state index contributed by atoms with van der Waals surface area (Å²) >= 11 is 6.28. The van der Waals surface area contributed by atoms with Gasteiger partial charge in [-0.05, 0) is 68.3 Å². The van der Waals surface area contributed by atoms with E-state index in [4.69, 9.17) is 16.7 Å². The summed E-state index contributed by atoms with van der Waals surface area (Å²) in [6.45, 7) is 6.43. The Morgan fingerprint density at radius 1 is 0.947 bits per heavy atom. The van der Waals surface area contributed by atoms with Gasteiger partial charge in [0.1, 0.15) is 5.82 Å². The number of nitrogens with zero attached hydrogens (tertiary/aromatic N) is 4. The Morgan fingerprint density at radius 3 is 2.55 bits per heavy atom. The first-order valence-electron chi connectivity index (χ1n) is 12.6. The first-order chi connectivity index (χ1) is 18.4. The minimum atomic E-state index is -0.319. The first-order valence-corrected chi connectivity index (χ1v) is 13.0. The Morgan fingerprint density at radius 2 is 1.76 bits per heavy atom. The van der Waals surface area contributed by atoms with Crippen molar-refractivity contribution in [1.82, 2.24) is 19.2 Å². The fraction of sp³-hybridized carbons (Fsp3) is 0.161. The number of hydrogen-bond acceptors (Lipinski definition) is 2. The van der Waals surface area contributed by atoms with Gasteiger partial charge in [0, 0.05) is 22.5 Å². The van der Waals surface area contributed by atoms with Gasteiger partial charge in [-0.3, -0.25) is 0 Å². The number of carbonyl (C=O) groups excluding carboxylic acids is 1. The van der Waals surface area contributed by atoms with Crippen LogP contribution < -0.4 is 5.32 Å². The molecule has 1 aliphatic rings. The Labute approximate surface area is 227 Å². The second-order valence-corrected chi connectivity index (χ2v) is 10.2. The normalized spacial score (nSPS) is 14.5. The highest BCUT2D eigenvalue weighted by Crippen LogP contribution is 2.39. The van der Waals surface area contributed by atoms with Gasteiger partial charge in [-0.15, -0.1) is 0 Å². The van der Waals surface area contributed by atoms with Crippen LogP contribution in [0.25, 0.3) is 11.5 Å². The van der Waals surface area contributed by atoms with E-state index in [-0.39, 0.29) is 12.1 Å². The van der Waals surface area contributed by atoms with E-state index in [2.05, 4.69) is 47.3 Å². The largest absolute Gasteiger partial charge is 0.322 e. The van der Waals surface area contributed by atoms with Crippen molar-refractivity contribution in [2.45, 2.75) is 33.4 Å². The molecule has 0 aliphatic carbocycles. The van der Waals surface area contributed by atoms with Crippen LogP contribution in [0.2, 0.25) is 5.02 Å². The van der Waals surface area contributed by atoms with Crippen LogP contribution in [0.4, 0.5) is 10.5 Å². The van der Waals surface area contributed by atoms with Crippen LogP contribution in [0.3, 0.4) is 0 Å². The predicted molar refractivity (Wildman–Crippen MR) is 151 cm³/mol. The number of rotatable bonds is 3. The summed E-state index contributed by atoms with van der Waals surface area (Å²) in [6.07, 6.45) is 2.06. The predicted octanol–water partition coefficient (Wildman–Crippen LogP) is 7.38. The second kappa shape index (κ2) is 9.54. The number of nitrogens with one attached hydrogen (secondary N) is 1. The summed E-state index contributed by atoms with van der Waals surface area (Å²) in [7, 11) is 0. The number of urea groups is 1. The molecule has 0 saturated carbocycles. The zero-order valence-corrected chi connectivity index (χ0v) is 22.3. The minimum absolute atomic E-state index is 0.200. The summed E-state index contributed by atoms with van der Waals surface area (Å²) in [5.74, 6) is 0.945. The van der Waals surface area contributed by atoms with Crippen molar-refractivity contribution in [1.29, 1.82) is 0 Å². The quantitative estimate of drug-likeness (QED) is 0.269. The molecule has 1 unspecified atom stereocenters. The SMILES string of the molecule is Cc1cccc(C2c3cccn3-c3c(c(C)nn3-c3ccccc3)CN2C(=O)Nc2cc(Cl)ccc2C)c1. The molecule has 2 amide bonds. The molecule has 2 aromatic heterocycles. The highest BCUT2D eigenvalue weighted by Gasteiger charge is 2.36. The number of para-hydroxylation sites is 1. The highest BCUT2D eigenvalue weighted by molar-refractivity contribution is 6.31. The van der Waals surface area contributed by atoms with Gasteiger partial charge in [0.25, 0.3) is 0 Å². The van der Waals surface area contributed by atoms with Crippen LogP contribution in [0.15, 0.2) is 91.1 Å². The Kier molecular flexibility index (Phi) is 6.04. The molecule has 7 heteroatoms. The third kappa shape index (κ3) is 4.17. The van der Waals surface area contributed by atoms with E-state index < -0.39 is 0 Å². The zero-order valence-electron chi connectivity index (χ0n) is 21.5. The molecular formula is C31H28ClN5O. The Hall–Kier alpha value is -4.29. The van der Waals surface area contributed by atoms with Gasteiger partial charge < -0.3 is 14.8 Å². The average Bonchev–Trinajstić information content (AvgIpc) is 3.47. The molecule has 3 aromatic carbocycles. The van der Waals surface area contributed by atoms with E-state index in [1.165, 1.54) is 0 Å². The lowest BCUT2D eigenvalue weighted by atomic mass is 10.00. The van der Waals surface area contributed by atoms with Crippen LogP contribution in [0.5, 0.6) is 0 Å². The number of hydrogen-bond donors (Lipinski definition) is 1. The van der Waals surface area contributed by atoms with Crippen molar-refractivity contribution in [2.75, 3.05) is 5.32 Å². The summed E-state index contributed by atoms with van der Waals surface area (Å²) in [5, 5.41) is 8.64. The van der Waals surface area contributed by atoms with E-state index in [0.717, 1.165) is 45.1 Å². The van der Waals surface area contributed by atoms with Crippen LogP contribution in [0.1, 0.15) is 39.7 Å². The summed E-state index contributed by atoms with van der Waals surface area (Å²) in [4.78, 5) is 16.0. The number of anilines is 1. The molecule has 190 valence electrons. The van der Waals surface area contributed by atoms with E-state index in [1.807, 2.05) is 78.0 Å². The zero-order chi connectivity index (χ0) is 26.4. The van der Waals surface area contributed by atoms with Crippen molar-refractivity contribution in [2.24, 2.45) is 0 Å². The molecule has 0 radical (unpaired) electrons. The number of aryl methyl sites for hydroxylation is 3. The number of amides is 2. The third-order valence-electron chi connectivity index (χ3n) is 7.15. The van der Waals surface area contributed by atoms with Crippen molar-refractivity contribution >= 4 is 23.3 Å². The van der Waals surface area contributed by atoms with E-state index >= 15 is 0 Å². The number of carbonyl (C=O) groups is 1. The molecular weight excluding hydrogens is 494 g/mol. The van der Waals surface area contributed by atoms with Crippen LogP contribution >= 0.6 is 11.6 Å². The van der Waals surface area contributed by atoms with Crippen LogP contribution in [-0.2, 0) is 6.54 Å². The molecule has 0 bridgehead atoms. The lowest BCUT2D eigenvalue weighted by Gasteiger charge is -2.31. The molecule has 0 fully saturated rings. The molecule has 38 heavy (non-hydrogen) atoms. The van der Waals surface area contributed by atoms with Crippen LogP contribution in [-0.4, -0.2) is 25.3 Å². The average molecular weight is 522 g/mol. The van der Waals surface area contributed by atoms with Crippen molar-refractivity contribution in [3.8, 4) is 11.5 Å². The molecule has 1 atom stereocenters. The third-order valence-corrected chi connectivity index (χ3v) is 7.38. The maximum atomic E-state index is 14.1. The number of benzene rings is 3. The fourth-order valence-electron chi connectivity index (χ4n) is 5.26. The molecule has 0 saturated heterocycles. The monoisotopic (exact) mass is 521 g/mol. The van der Waals surface area contributed by atoms with Gasteiger partial charge in [-0.25, -0.2) is 9.48 Å². The Bertz CT molecular complexity index is 1650. The van der Waals surface area contributed by atoms with Gasteiger partial charge in [0.2, 0.25) is 0 Å². The van der Waals surface area contributed by atoms with Gasteiger partial charge in [-0.2, -0.15) is 5.10 Å². The lowest BCUT2D eigenvalue weighted by Crippen LogP contribution is -2.38. The minimum Gasteiger partial charge on any atom is -0.307 e. The van der Waals surface area contributed by atoms with Gasteiger partial charge >= 0.3 is 6.03 Å². The van der Waals surface area contributed by atoms with E-state index in [1.54, 1.807) is 6.07 Å². The fourth-order valence-corrected chi connectivity index (χ4v) is 5.43. The molecule has 1 N–H and O–H groups in total. The maximum absolute atomic E-state index is 14.1. The van der Waals surface area contributed by atoms with E-state index in [0.29, 0.717) is 17.3 Å². The molecule has 6 rings (SSSR count). The smallest absolute Gasteiger partial charge is 0.307 e. The Balaban J connectivity index is 1.54. The highest BCUT2D eigenvalue weighted by atomic mass is 35.5. The molecule has 1 aliphatic heterocycles. The van der Waals surface area contributed by atoms with Crippen LogP contribution in [0, 0.1) is 20.8 Å². The van der Waals surface area contributed by atoms with Gasteiger partial charge in [-0.1, -0.05) is 65.7 Å². The van der Waals surface area contributed by atoms with Crippen molar-refractivity contribution in [3.05, 3.63) is 130 Å². The van der Waals surface area contributed by atoms with Gasteiger partial charge in [0.15, 0.2) is 0 Å². The molecule has 0 spiro atoms. The first kappa shape index (κ1) is 24.1. The maximum Gasteiger partial charge on any atom is 0.322 e. The summed E-state index contributed by atoms with van der Waals surface area (Å²) < 4.78 is 4.15.